The Hall–Kier alpha value is -2.40. The molecule has 0 N–H and O–H groups in total. The summed E-state index contributed by atoms with van der Waals surface area (Å²) in [5.41, 5.74) is 3.52. The summed E-state index contributed by atoms with van der Waals surface area (Å²) in [4.78, 5) is 24.0. The Balaban J connectivity index is 2.25. The van der Waals surface area contributed by atoms with Gasteiger partial charge in [0.25, 0.3) is 0 Å². The molecular formula is C20H22O4Si. The SMILES string of the molecule is CC[Si]1(CC)c2cc(C(=O)OC)ccc2-c2ccc(C(=O)OC)cc21. The molecule has 2 aromatic rings. The van der Waals surface area contributed by atoms with Crippen LogP contribution in [0, 0.1) is 0 Å². The third-order valence-electron chi connectivity index (χ3n) is 5.41. The van der Waals surface area contributed by atoms with Crippen molar-refractivity contribution in [3.8, 4) is 11.1 Å². The lowest BCUT2D eigenvalue weighted by molar-refractivity contribution is 0.0592. The van der Waals surface area contributed by atoms with Crippen LogP contribution >= 0.6 is 0 Å². The van der Waals surface area contributed by atoms with E-state index in [1.165, 1.54) is 35.7 Å². The van der Waals surface area contributed by atoms with Gasteiger partial charge in [-0.15, -0.1) is 0 Å². The number of hydrogen-bond acceptors (Lipinski definition) is 4. The molecule has 0 bridgehead atoms. The maximum Gasteiger partial charge on any atom is 0.337 e. The van der Waals surface area contributed by atoms with E-state index in [0.717, 1.165) is 12.1 Å². The third kappa shape index (κ3) is 2.50. The van der Waals surface area contributed by atoms with Gasteiger partial charge in [-0.2, -0.15) is 0 Å². The Labute approximate surface area is 148 Å². The number of carbonyl (C=O) groups is 2. The van der Waals surface area contributed by atoms with Crippen LogP contribution in [-0.2, 0) is 9.47 Å². The van der Waals surface area contributed by atoms with Crippen molar-refractivity contribution in [1.82, 2.24) is 0 Å². The fourth-order valence-electron chi connectivity index (χ4n) is 4.00. The molecule has 0 spiro atoms. The van der Waals surface area contributed by atoms with Crippen LogP contribution in [0.3, 0.4) is 0 Å². The van der Waals surface area contributed by atoms with E-state index in [-0.39, 0.29) is 11.9 Å². The van der Waals surface area contributed by atoms with Crippen molar-refractivity contribution in [2.45, 2.75) is 25.9 Å². The van der Waals surface area contributed by atoms with Crippen molar-refractivity contribution in [3.05, 3.63) is 47.5 Å². The van der Waals surface area contributed by atoms with E-state index >= 15 is 0 Å². The van der Waals surface area contributed by atoms with E-state index in [1.54, 1.807) is 0 Å². The summed E-state index contributed by atoms with van der Waals surface area (Å²) < 4.78 is 9.78. The molecular weight excluding hydrogens is 332 g/mol. The van der Waals surface area contributed by atoms with Crippen LogP contribution in [0.4, 0.5) is 0 Å². The quantitative estimate of drug-likeness (QED) is 0.626. The molecule has 1 heterocycles. The monoisotopic (exact) mass is 354 g/mol. The Morgan fingerprint density at radius 2 is 1.20 bits per heavy atom. The summed E-state index contributed by atoms with van der Waals surface area (Å²) in [7, 11) is 0.783. The molecule has 0 aromatic heterocycles. The van der Waals surface area contributed by atoms with E-state index in [9.17, 15) is 9.59 Å². The zero-order chi connectivity index (χ0) is 18.2. The van der Waals surface area contributed by atoms with Gasteiger partial charge in [-0.25, -0.2) is 9.59 Å². The van der Waals surface area contributed by atoms with E-state index < -0.39 is 8.07 Å². The number of methoxy groups -OCH3 is 2. The van der Waals surface area contributed by atoms with Gasteiger partial charge in [0, 0.05) is 0 Å². The first kappa shape index (κ1) is 17.4. The molecule has 1 aliphatic heterocycles. The van der Waals surface area contributed by atoms with Crippen molar-refractivity contribution < 1.29 is 19.1 Å². The molecule has 0 aliphatic carbocycles. The first-order valence-electron chi connectivity index (χ1n) is 8.48. The Morgan fingerprint density at radius 1 is 0.800 bits per heavy atom. The van der Waals surface area contributed by atoms with Gasteiger partial charge in [-0.1, -0.05) is 38.1 Å². The molecule has 130 valence electrons. The lowest BCUT2D eigenvalue weighted by Crippen LogP contribution is -2.54. The molecule has 0 unspecified atom stereocenters. The second kappa shape index (κ2) is 6.48. The van der Waals surface area contributed by atoms with Crippen LogP contribution in [-0.4, -0.2) is 34.2 Å². The van der Waals surface area contributed by atoms with Crippen LogP contribution in [0.2, 0.25) is 12.1 Å². The van der Waals surface area contributed by atoms with Gasteiger partial charge in [0.15, 0.2) is 0 Å². The molecule has 0 amide bonds. The van der Waals surface area contributed by atoms with Gasteiger partial charge in [0.1, 0.15) is 8.07 Å². The zero-order valence-electron chi connectivity index (χ0n) is 15.0. The van der Waals surface area contributed by atoms with Gasteiger partial charge in [0.2, 0.25) is 0 Å². The predicted octanol–water partition coefficient (Wildman–Crippen LogP) is 2.84. The predicted molar refractivity (Wildman–Crippen MR) is 101 cm³/mol. The number of ether oxygens (including phenoxy) is 2. The summed E-state index contributed by atoms with van der Waals surface area (Å²) in [6.45, 7) is 4.40. The number of rotatable bonds is 4. The number of esters is 2. The van der Waals surface area contributed by atoms with Crippen molar-refractivity contribution in [1.29, 1.82) is 0 Å². The second-order valence-electron chi connectivity index (χ2n) is 6.29. The Morgan fingerprint density at radius 3 is 1.52 bits per heavy atom. The smallest absolute Gasteiger partial charge is 0.337 e. The standard InChI is InChI=1S/C20H22O4Si/c1-5-25(6-2)17-11-13(19(21)23-3)7-9-15(17)16-10-8-14(12-18(16)25)20(22)24-4/h7-12H,5-6H2,1-4H3. The molecule has 4 nitrogen and oxygen atoms in total. The first-order chi connectivity index (χ1) is 12.0. The summed E-state index contributed by atoms with van der Waals surface area (Å²) >= 11 is 0. The van der Waals surface area contributed by atoms with Gasteiger partial charge >= 0.3 is 11.9 Å². The summed E-state index contributed by atoms with van der Waals surface area (Å²) in [5.74, 6) is -0.631. The molecule has 5 heteroatoms. The van der Waals surface area contributed by atoms with Crippen LogP contribution in [0.5, 0.6) is 0 Å². The maximum atomic E-state index is 12.0. The molecule has 3 rings (SSSR count). The van der Waals surface area contributed by atoms with Crippen molar-refractivity contribution in [2.75, 3.05) is 14.2 Å². The summed E-state index contributed by atoms with van der Waals surface area (Å²) in [5, 5.41) is 2.52. The minimum atomic E-state index is -2.02. The number of fused-ring (bicyclic) bond motifs is 3. The normalized spacial score (nSPS) is 13.8. The highest BCUT2D eigenvalue weighted by molar-refractivity contribution is 7.05. The minimum absolute atomic E-state index is 0.316. The summed E-state index contributed by atoms with van der Waals surface area (Å²) in [6, 6.07) is 13.7. The molecule has 25 heavy (non-hydrogen) atoms. The molecule has 2 aromatic carbocycles. The van der Waals surface area contributed by atoms with Crippen molar-refractivity contribution in [3.63, 3.8) is 0 Å². The van der Waals surface area contributed by atoms with E-state index in [4.69, 9.17) is 9.47 Å². The first-order valence-corrected chi connectivity index (χ1v) is 10.9. The topological polar surface area (TPSA) is 52.6 Å². The number of benzene rings is 2. The van der Waals surface area contributed by atoms with Gasteiger partial charge in [-0.05, 0) is 45.8 Å². The average molecular weight is 354 g/mol. The van der Waals surface area contributed by atoms with Crippen LogP contribution in [0.15, 0.2) is 36.4 Å². The van der Waals surface area contributed by atoms with Crippen LogP contribution < -0.4 is 10.4 Å². The number of hydrogen-bond donors (Lipinski definition) is 0. The lowest BCUT2D eigenvalue weighted by Gasteiger charge is -2.27. The Bertz CT molecular complexity index is 785. The second-order valence-corrected chi connectivity index (χ2v) is 10.9. The summed E-state index contributed by atoms with van der Waals surface area (Å²) in [6.07, 6.45) is 0. The van der Waals surface area contributed by atoms with Gasteiger partial charge in [-0.3, -0.25) is 0 Å². The third-order valence-corrected chi connectivity index (χ3v) is 10.7. The molecule has 0 saturated carbocycles. The molecule has 0 atom stereocenters. The maximum absolute atomic E-state index is 12.0. The Kier molecular flexibility index (Phi) is 4.52. The highest BCUT2D eigenvalue weighted by Crippen LogP contribution is 2.33. The molecule has 1 aliphatic rings. The van der Waals surface area contributed by atoms with E-state index in [1.807, 2.05) is 36.4 Å². The zero-order valence-corrected chi connectivity index (χ0v) is 16.0. The van der Waals surface area contributed by atoms with Crippen molar-refractivity contribution in [2.24, 2.45) is 0 Å². The fourth-order valence-corrected chi connectivity index (χ4v) is 8.64. The van der Waals surface area contributed by atoms with Crippen molar-refractivity contribution >= 4 is 30.4 Å². The fraction of sp³-hybridized carbons (Fsp3) is 0.300. The highest BCUT2D eigenvalue weighted by atomic mass is 28.3. The minimum Gasteiger partial charge on any atom is -0.465 e. The van der Waals surface area contributed by atoms with Gasteiger partial charge < -0.3 is 9.47 Å². The van der Waals surface area contributed by atoms with E-state index in [2.05, 4.69) is 13.8 Å². The van der Waals surface area contributed by atoms with Crippen LogP contribution in [0.25, 0.3) is 11.1 Å². The highest BCUT2D eigenvalue weighted by Gasteiger charge is 2.43. The number of carbonyl (C=O) groups excluding carboxylic acids is 2. The lowest BCUT2D eigenvalue weighted by atomic mass is 10.0. The largest absolute Gasteiger partial charge is 0.465 e. The molecule has 0 radical (unpaired) electrons. The molecule has 0 saturated heterocycles. The molecule has 0 fully saturated rings. The average Bonchev–Trinajstić information content (AvgIpc) is 2.95. The van der Waals surface area contributed by atoms with E-state index in [0.29, 0.717) is 11.1 Å². The van der Waals surface area contributed by atoms with Gasteiger partial charge in [0.05, 0.1) is 25.3 Å². The van der Waals surface area contributed by atoms with Crippen LogP contribution in [0.1, 0.15) is 34.6 Å².